The summed E-state index contributed by atoms with van der Waals surface area (Å²) in [7, 11) is 1.61. The van der Waals surface area contributed by atoms with E-state index in [1.54, 1.807) is 22.6 Å². The summed E-state index contributed by atoms with van der Waals surface area (Å²) in [5.74, 6) is 0. The first-order chi connectivity index (χ1) is 8.38. The lowest BCUT2D eigenvalue weighted by Crippen LogP contribution is -2.03. The predicted molar refractivity (Wildman–Crippen MR) is 80.5 cm³/mol. The van der Waals surface area contributed by atoms with Crippen LogP contribution < -0.4 is 0 Å². The highest BCUT2D eigenvalue weighted by molar-refractivity contribution is 8.86. The summed E-state index contributed by atoms with van der Waals surface area (Å²) in [5.41, 5.74) is 2.73. The first-order valence-corrected chi connectivity index (χ1v) is 8.91. The van der Waals surface area contributed by atoms with E-state index >= 15 is 0 Å². The van der Waals surface area contributed by atoms with E-state index in [-0.39, 0.29) is 9.80 Å². The minimum atomic E-state index is -0.185. The molecule has 0 aromatic heterocycles. The molecule has 1 aromatic carbocycles. The van der Waals surface area contributed by atoms with E-state index in [4.69, 9.17) is 4.28 Å². The van der Waals surface area contributed by atoms with Gasteiger partial charge in [0.05, 0.1) is 25.1 Å². The summed E-state index contributed by atoms with van der Waals surface area (Å²) in [6, 6.07) is 10.6. The Labute approximate surface area is 111 Å². The predicted octanol–water partition coefficient (Wildman–Crippen LogP) is 3.84. The molecule has 0 bridgehead atoms. The van der Waals surface area contributed by atoms with Crippen molar-refractivity contribution in [1.82, 2.24) is 0 Å². The maximum Gasteiger partial charge on any atom is 0.0988 e. The topological polar surface area (TPSA) is 21.6 Å². The summed E-state index contributed by atoms with van der Waals surface area (Å²) in [5, 5.41) is 3.91. The third kappa shape index (κ3) is 2.19. The zero-order valence-corrected chi connectivity index (χ0v) is 11.7. The van der Waals surface area contributed by atoms with Crippen LogP contribution in [0.15, 0.2) is 45.3 Å². The monoisotopic (exact) mass is 281 g/mol. The molecule has 1 atom stereocenters. The van der Waals surface area contributed by atoms with E-state index in [0.717, 1.165) is 6.42 Å². The van der Waals surface area contributed by atoms with Crippen LogP contribution in [-0.4, -0.2) is 17.3 Å². The first-order valence-electron chi connectivity index (χ1n) is 5.20. The van der Waals surface area contributed by atoms with Crippen molar-refractivity contribution in [2.75, 3.05) is 6.26 Å². The van der Waals surface area contributed by atoms with Gasteiger partial charge in [0, 0.05) is 6.42 Å². The fraction of sp³-hybridized carbons (Fsp3) is 0.167. The maximum absolute atomic E-state index is 5.35. The Bertz CT molecular complexity index is 534. The fourth-order valence-electron chi connectivity index (χ4n) is 1.77. The molecule has 0 aliphatic carbocycles. The third-order valence-electron chi connectivity index (χ3n) is 2.56. The average molecular weight is 281 g/mol. The molecule has 0 radical (unpaired) electrons. The van der Waals surface area contributed by atoms with Crippen LogP contribution in [0.3, 0.4) is 0 Å². The van der Waals surface area contributed by atoms with Crippen LogP contribution in [0.2, 0.25) is 0 Å². The zero-order valence-electron chi connectivity index (χ0n) is 9.25. The number of hydrogen-bond donors (Lipinski definition) is 0. The smallest absolute Gasteiger partial charge is 0.0988 e. The molecule has 0 N–H and O–H groups in total. The van der Waals surface area contributed by atoms with Gasteiger partial charge in [0.2, 0.25) is 0 Å². The number of hydrogen-bond acceptors (Lipinski definition) is 4. The van der Waals surface area contributed by atoms with Gasteiger partial charge in [-0.05, 0) is 28.2 Å². The lowest BCUT2D eigenvalue weighted by molar-refractivity contribution is 0.417. The van der Waals surface area contributed by atoms with Crippen molar-refractivity contribution in [2.24, 2.45) is 5.16 Å². The molecule has 3 rings (SSSR count). The van der Waals surface area contributed by atoms with Gasteiger partial charge in [-0.1, -0.05) is 35.5 Å². The molecule has 88 valence electrons. The van der Waals surface area contributed by atoms with Crippen LogP contribution in [-0.2, 0) is 10.7 Å². The van der Waals surface area contributed by atoms with Crippen molar-refractivity contribution in [1.29, 1.82) is 0 Å². The van der Waals surface area contributed by atoms with Gasteiger partial charge in [-0.25, -0.2) is 0 Å². The molecule has 0 fully saturated rings. The van der Waals surface area contributed by atoms with Crippen molar-refractivity contribution in [2.45, 2.75) is 6.42 Å². The molecule has 0 saturated carbocycles. The normalized spacial score (nSPS) is 21.9. The fourth-order valence-corrected chi connectivity index (χ4v) is 6.62. The Morgan fingerprint density at radius 3 is 2.94 bits per heavy atom. The molecule has 0 saturated heterocycles. The molecule has 0 spiro atoms. The van der Waals surface area contributed by atoms with Crippen LogP contribution in [0.5, 0.6) is 0 Å². The van der Waals surface area contributed by atoms with Crippen molar-refractivity contribution in [3.05, 3.63) is 45.7 Å². The molecular formula is C12H11NOS3. The quantitative estimate of drug-likeness (QED) is 0.620. The van der Waals surface area contributed by atoms with Gasteiger partial charge in [0.15, 0.2) is 0 Å². The van der Waals surface area contributed by atoms with Gasteiger partial charge in [-0.2, -0.15) is 0 Å². The highest BCUT2D eigenvalue weighted by Crippen LogP contribution is 2.53. The minimum absolute atomic E-state index is 0.185. The van der Waals surface area contributed by atoms with Crippen LogP contribution in [0.4, 0.5) is 0 Å². The Hall–Kier alpha value is -0.650. The SMILES string of the molecule is CSC1=C(Cc2ccccc2)C2=S(ON=C2)S1. The summed E-state index contributed by atoms with van der Waals surface area (Å²) in [6.07, 6.45) is 4.96. The van der Waals surface area contributed by atoms with Gasteiger partial charge in [-0.15, -0.1) is 11.8 Å². The standard InChI is InChI=1S/C12H11NOS3/c1-15-12-10(7-9-5-3-2-4-6-9)11-8-13-14-17(11)16-12/h2-6,8H,7H2,1H3. The second-order valence-corrected chi connectivity index (χ2v) is 7.74. The van der Waals surface area contributed by atoms with E-state index in [1.807, 2.05) is 6.21 Å². The van der Waals surface area contributed by atoms with Gasteiger partial charge >= 0.3 is 0 Å². The van der Waals surface area contributed by atoms with Crippen molar-refractivity contribution in [3.8, 4) is 0 Å². The molecule has 5 heteroatoms. The van der Waals surface area contributed by atoms with Gasteiger partial charge in [-0.3, -0.25) is 0 Å². The lowest BCUT2D eigenvalue weighted by Gasteiger charge is -2.05. The van der Waals surface area contributed by atoms with Crippen LogP contribution >= 0.6 is 32.4 Å². The maximum atomic E-state index is 5.35. The van der Waals surface area contributed by atoms with E-state index in [0.29, 0.717) is 0 Å². The highest BCUT2D eigenvalue weighted by atomic mass is 33.1. The van der Waals surface area contributed by atoms with Gasteiger partial charge < -0.3 is 4.28 Å². The van der Waals surface area contributed by atoms with E-state index in [1.165, 1.54) is 20.2 Å². The number of oxime groups is 1. The zero-order chi connectivity index (χ0) is 11.7. The Morgan fingerprint density at radius 2 is 2.18 bits per heavy atom. The summed E-state index contributed by atoms with van der Waals surface area (Å²) in [6.45, 7) is 0. The molecule has 2 aliphatic heterocycles. The number of allylic oxidation sites excluding steroid dienone is 1. The second-order valence-electron chi connectivity index (χ2n) is 3.62. The number of rotatable bonds is 3. The van der Waals surface area contributed by atoms with Crippen LogP contribution in [0.25, 0.3) is 0 Å². The number of thioether (sulfide) groups is 1. The van der Waals surface area contributed by atoms with E-state index < -0.39 is 0 Å². The first kappa shape index (κ1) is 11.4. The highest BCUT2D eigenvalue weighted by Gasteiger charge is 2.28. The molecule has 2 heterocycles. The lowest BCUT2D eigenvalue weighted by atomic mass is 10.0. The van der Waals surface area contributed by atoms with Crippen molar-refractivity contribution in [3.63, 3.8) is 0 Å². The molecule has 0 amide bonds. The van der Waals surface area contributed by atoms with Crippen molar-refractivity contribution < 1.29 is 4.28 Å². The molecule has 2 nitrogen and oxygen atoms in total. The van der Waals surface area contributed by atoms with E-state index in [2.05, 4.69) is 41.7 Å². The Morgan fingerprint density at radius 1 is 1.35 bits per heavy atom. The average Bonchev–Trinajstić information content (AvgIpc) is 2.93. The van der Waals surface area contributed by atoms with Crippen molar-refractivity contribution >= 4 is 43.4 Å². The Balaban J connectivity index is 1.92. The Kier molecular flexibility index (Phi) is 3.31. The van der Waals surface area contributed by atoms with E-state index in [9.17, 15) is 0 Å². The van der Waals surface area contributed by atoms with Gasteiger partial charge in [0.1, 0.15) is 0 Å². The largest absolute Gasteiger partial charge is 0.319 e. The summed E-state index contributed by atoms with van der Waals surface area (Å²) >= 11 is 1.80. The molecule has 1 unspecified atom stereocenters. The number of benzene rings is 1. The van der Waals surface area contributed by atoms with Crippen LogP contribution in [0, 0.1) is 0 Å². The number of nitrogens with zero attached hydrogens (tertiary/aromatic N) is 1. The van der Waals surface area contributed by atoms with Gasteiger partial charge in [0.25, 0.3) is 0 Å². The molecular weight excluding hydrogens is 270 g/mol. The third-order valence-corrected chi connectivity index (χ3v) is 7.41. The van der Waals surface area contributed by atoms with Crippen LogP contribution in [0.1, 0.15) is 5.56 Å². The summed E-state index contributed by atoms with van der Waals surface area (Å²) in [4.78, 5) is 1.27. The summed E-state index contributed by atoms with van der Waals surface area (Å²) < 4.78 is 6.72. The molecule has 1 aromatic rings. The molecule has 2 aliphatic rings. The molecule has 17 heavy (non-hydrogen) atoms. The second kappa shape index (κ2) is 4.92. The minimum Gasteiger partial charge on any atom is -0.319 e.